The highest BCUT2D eigenvalue weighted by Gasteiger charge is 2.25. The van der Waals surface area contributed by atoms with Gasteiger partial charge in [0.25, 0.3) is 0 Å². The quantitative estimate of drug-likeness (QED) is 0.545. The number of hydrogen-bond donors (Lipinski definition) is 1. The third kappa shape index (κ3) is 5.63. The Labute approximate surface area is 189 Å². The molecule has 6 nitrogen and oxygen atoms in total. The first-order valence-corrected chi connectivity index (χ1v) is 11.3. The van der Waals surface area contributed by atoms with Crippen LogP contribution < -0.4 is 15.0 Å². The standard InChI is InChI=1S/C26H30N4O2/c1-32-23-11-9-21(10-12-23)24-13-14-25(29-28-24)30-18-15-22(16-19-30)26(31)27-17-5-8-20-6-3-2-4-7-20/h2-4,6-7,9-14,22H,5,8,15-19H2,1H3,(H,27,31). The second-order valence-corrected chi connectivity index (χ2v) is 8.15. The number of benzene rings is 2. The Morgan fingerprint density at radius 1 is 1.00 bits per heavy atom. The normalized spacial score (nSPS) is 14.2. The Balaban J connectivity index is 1.22. The molecule has 1 amide bonds. The van der Waals surface area contributed by atoms with Crippen LogP contribution >= 0.6 is 0 Å². The van der Waals surface area contributed by atoms with E-state index in [1.54, 1.807) is 7.11 Å². The van der Waals surface area contributed by atoms with Gasteiger partial charge < -0.3 is 15.0 Å². The first-order chi connectivity index (χ1) is 15.7. The topological polar surface area (TPSA) is 67.3 Å². The molecule has 1 N–H and O–H groups in total. The van der Waals surface area contributed by atoms with Crippen molar-refractivity contribution in [3.05, 3.63) is 72.3 Å². The number of amides is 1. The zero-order chi connectivity index (χ0) is 22.2. The molecule has 166 valence electrons. The van der Waals surface area contributed by atoms with E-state index in [-0.39, 0.29) is 11.8 Å². The van der Waals surface area contributed by atoms with E-state index in [1.165, 1.54) is 5.56 Å². The molecule has 0 saturated carbocycles. The van der Waals surface area contributed by atoms with Gasteiger partial charge in [-0.15, -0.1) is 10.2 Å². The second-order valence-electron chi connectivity index (χ2n) is 8.15. The van der Waals surface area contributed by atoms with Gasteiger partial charge in [-0.05, 0) is 67.6 Å². The minimum absolute atomic E-state index is 0.0782. The van der Waals surface area contributed by atoms with E-state index in [0.717, 1.165) is 68.1 Å². The van der Waals surface area contributed by atoms with Gasteiger partial charge in [-0.1, -0.05) is 30.3 Å². The summed E-state index contributed by atoms with van der Waals surface area (Å²) in [6, 6.07) is 22.2. The lowest BCUT2D eigenvalue weighted by Crippen LogP contribution is -2.41. The summed E-state index contributed by atoms with van der Waals surface area (Å²) >= 11 is 0. The van der Waals surface area contributed by atoms with Crippen LogP contribution in [0.3, 0.4) is 0 Å². The summed E-state index contributed by atoms with van der Waals surface area (Å²) < 4.78 is 5.20. The maximum atomic E-state index is 12.5. The van der Waals surface area contributed by atoms with E-state index in [9.17, 15) is 4.79 Å². The Morgan fingerprint density at radius 3 is 2.41 bits per heavy atom. The summed E-state index contributed by atoms with van der Waals surface area (Å²) in [4.78, 5) is 14.7. The van der Waals surface area contributed by atoms with Gasteiger partial charge in [-0.3, -0.25) is 4.79 Å². The minimum atomic E-state index is 0.0782. The largest absolute Gasteiger partial charge is 0.497 e. The molecular formula is C26H30N4O2. The smallest absolute Gasteiger partial charge is 0.223 e. The Hall–Kier alpha value is -3.41. The molecule has 0 atom stereocenters. The molecule has 0 unspecified atom stereocenters. The Morgan fingerprint density at radius 2 is 1.75 bits per heavy atom. The molecule has 3 aromatic rings. The van der Waals surface area contributed by atoms with Crippen LogP contribution in [-0.2, 0) is 11.2 Å². The number of piperidine rings is 1. The highest BCUT2D eigenvalue weighted by atomic mass is 16.5. The zero-order valence-corrected chi connectivity index (χ0v) is 18.5. The lowest BCUT2D eigenvalue weighted by molar-refractivity contribution is -0.125. The molecule has 6 heteroatoms. The van der Waals surface area contributed by atoms with Crippen molar-refractivity contribution in [1.82, 2.24) is 15.5 Å². The molecule has 2 aromatic carbocycles. The number of aryl methyl sites for hydroxylation is 1. The number of aromatic nitrogens is 2. The lowest BCUT2D eigenvalue weighted by atomic mass is 9.96. The van der Waals surface area contributed by atoms with E-state index in [0.29, 0.717) is 0 Å². The van der Waals surface area contributed by atoms with E-state index in [1.807, 2.05) is 42.5 Å². The molecule has 0 bridgehead atoms. The van der Waals surface area contributed by atoms with Gasteiger partial charge in [-0.25, -0.2) is 0 Å². The summed E-state index contributed by atoms with van der Waals surface area (Å²) in [6.45, 7) is 2.36. The van der Waals surface area contributed by atoms with Gasteiger partial charge in [-0.2, -0.15) is 0 Å². The van der Waals surface area contributed by atoms with Gasteiger partial charge in [0.05, 0.1) is 12.8 Å². The molecule has 32 heavy (non-hydrogen) atoms. The van der Waals surface area contributed by atoms with Crippen LogP contribution in [0.5, 0.6) is 5.75 Å². The third-order valence-corrected chi connectivity index (χ3v) is 6.01. The number of anilines is 1. The van der Waals surface area contributed by atoms with E-state index >= 15 is 0 Å². The van der Waals surface area contributed by atoms with Crippen molar-refractivity contribution >= 4 is 11.7 Å². The number of nitrogens with one attached hydrogen (secondary N) is 1. The predicted molar refractivity (Wildman–Crippen MR) is 127 cm³/mol. The summed E-state index contributed by atoms with van der Waals surface area (Å²) in [5.74, 6) is 1.94. The van der Waals surface area contributed by atoms with Gasteiger partial charge in [0, 0.05) is 31.1 Å². The van der Waals surface area contributed by atoms with Crippen molar-refractivity contribution in [2.45, 2.75) is 25.7 Å². The van der Waals surface area contributed by atoms with Crippen molar-refractivity contribution in [2.75, 3.05) is 31.6 Å². The highest BCUT2D eigenvalue weighted by Crippen LogP contribution is 2.24. The SMILES string of the molecule is COc1ccc(-c2ccc(N3CCC(C(=O)NCCCc4ccccc4)CC3)nn2)cc1. The van der Waals surface area contributed by atoms with Crippen molar-refractivity contribution in [1.29, 1.82) is 0 Å². The van der Waals surface area contributed by atoms with Crippen LogP contribution in [0.4, 0.5) is 5.82 Å². The number of nitrogens with zero attached hydrogens (tertiary/aromatic N) is 3. The molecule has 1 saturated heterocycles. The molecule has 1 aliphatic rings. The zero-order valence-electron chi connectivity index (χ0n) is 18.5. The highest BCUT2D eigenvalue weighted by molar-refractivity contribution is 5.79. The molecule has 1 fully saturated rings. The summed E-state index contributed by atoms with van der Waals surface area (Å²) in [7, 11) is 1.66. The molecule has 0 radical (unpaired) electrons. The molecule has 1 aliphatic heterocycles. The minimum Gasteiger partial charge on any atom is -0.497 e. The van der Waals surface area contributed by atoms with Gasteiger partial charge in [0.15, 0.2) is 5.82 Å². The molecule has 1 aromatic heterocycles. The van der Waals surface area contributed by atoms with Crippen LogP contribution in [0.1, 0.15) is 24.8 Å². The Kier molecular flexibility index (Phi) is 7.33. The predicted octanol–water partition coefficient (Wildman–Crippen LogP) is 4.12. The van der Waals surface area contributed by atoms with Crippen molar-refractivity contribution in [3.63, 3.8) is 0 Å². The number of rotatable bonds is 8. The van der Waals surface area contributed by atoms with Crippen LogP contribution in [0.25, 0.3) is 11.3 Å². The first kappa shape index (κ1) is 21.8. The number of hydrogen-bond acceptors (Lipinski definition) is 5. The number of ether oxygens (including phenoxy) is 1. The van der Waals surface area contributed by atoms with Crippen LogP contribution in [-0.4, -0.2) is 42.8 Å². The number of methoxy groups -OCH3 is 1. The summed E-state index contributed by atoms with van der Waals surface area (Å²) in [6.07, 6.45) is 3.63. The molecule has 0 aliphatic carbocycles. The molecule has 0 spiro atoms. The maximum absolute atomic E-state index is 12.5. The Bertz CT molecular complexity index is 983. The average molecular weight is 431 g/mol. The number of carbonyl (C=O) groups is 1. The second kappa shape index (κ2) is 10.8. The summed E-state index contributed by atoms with van der Waals surface area (Å²) in [5.41, 5.74) is 3.16. The molecule has 4 rings (SSSR count). The van der Waals surface area contributed by atoms with Crippen LogP contribution in [0, 0.1) is 5.92 Å². The fourth-order valence-corrected chi connectivity index (χ4v) is 4.07. The third-order valence-electron chi connectivity index (χ3n) is 6.01. The van der Waals surface area contributed by atoms with E-state index < -0.39 is 0 Å². The number of carbonyl (C=O) groups excluding carboxylic acids is 1. The fourth-order valence-electron chi connectivity index (χ4n) is 4.07. The monoisotopic (exact) mass is 430 g/mol. The first-order valence-electron chi connectivity index (χ1n) is 11.3. The molecular weight excluding hydrogens is 400 g/mol. The van der Waals surface area contributed by atoms with Crippen LogP contribution in [0.15, 0.2) is 66.7 Å². The average Bonchev–Trinajstić information content (AvgIpc) is 2.87. The lowest BCUT2D eigenvalue weighted by Gasteiger charge is -2.31. The fraction of sp³-hybridized carbons (Fsp3) is 0.346. The van der Waals surface area contributed by atoms with E-state index in [4.69, 9.17) is 4.74 Å². The van der Waals surface area contributed by atoms with Gasteiger partial charge in [0.2, 0.25) is 5.91 Å². The van der Waals surface area contributed by atoms with Crippen molar-refractivity contribution in [3.8, 4) is 17.0 Å². The van der Waals surface area contributed by atoms with E-state index in [2.05, 4.69) is 44.7 Å². The van der Waals surface area contributed by atoms with Crippen molar-refractivity contribution < 1.29 is 9.53 Å². The van der Waals surface area contributed by atoms with Crippen LogP contribution in [0.2, 0.25) is 0 Å². The molecule has 2 heterocycles. The van der Waals surface area contributed by atoms with Gasteiger partial charge >= 0.3 is 0 Å². The van der Waals surface area contributed by atoms with Gasteiger partial charge in [0.1, 0.15) is 5.75 Å². The summed E-state index contributed by atoms with van der Waals surface area (Å²) in [5, 5.41) is 11.9. The maximum Gasteiger partial charge on any atom is 0.223 e. The van der Waals surface area contributed by atoms with Crippen molar-refractivity contribution in [2.24, 2.45) is 5.92 Å².